The Kier molecular flexibility index (Phi) is 5.64. The fraction of sp³-hybridized carbons (Fsp3) is 0.400. The van der Waals surface area contributed by atoms with Crippen molar-refractivity contribution in [2.45, 2.75) is 30.7 Å². The molecule has 0 bridgehead atoms. The van der Waals surface area contributed by atoms with E-state index in [1.807, 2.05) is 30.3 Å². The zero-order chi connectivity index (χ0) is 16.1. The first-order valence-corrected chi connectivity index (χ1v) is 6.76. The lowest BCUT2D eigenvalue weighted by Crippen LogP contribution is -2.58. The van der Waals surface area contributed by atoms with Crippen molar-refractivity contribution in [1.29, 1.82) is 0 Å². The highest BCUT2D eigenvalue weighted by Gasteiger charge is 2.43. The van der Waals surface area contributed by atoms with Gasteiger partial charge in [-0.3, -0.25) is 0 Å². The Labute approximate surface area is 127 Å². The fourth-order valence-electron chi connectivity index (χ4n) is 2.01. The van der Waals surface area contributed by atoms with E-state index in [4.69, 9.17) is 9.47 Å². The summed E-state index contributed by atoms with van der Waals surface area (Å²) >= 11 is 0. The molecular weight excluding hydrogens is 292 g/mol. The Morgan fingerprint density at radius 2 is 1.77 bits per heavy atom. The van der Waals surface area contributed by atoms with Crippen LogP contribution < -0.4 is 0 Å². The van der Waals surface area contributed by atoms with Gasteiger partial charge in [-0.25, -0.2) is 4.79 Å². The summed E-state index contributed by atoms with van der Waals surface area (Å²) in [5.41, 5.74) is 0.822. The van der Waals surface area contributed by atoms with Crippen molar-refractivity contribution in [3.8, 4) is 0 Å². The number of ether oxygens (including phenoxy) is 2. The van der Waals surface area contributed by atoms with Crippen molar-refractivity contribution in [2.24, 2.45) is 0 Å². The predicted molar refractivity (Wildman–Crippen MR) is 75.3 cm³/mol. The molecule has 5 atom stereocenters. The molecule has 1 aliphatic rings. The van der Waals surface area contributed by atoms with Crippen LogP contribution in [0.15, 0.2) is 36.4 Å². The molecule has 0 radical (unpaired) electrons. The predicted octanol–water partition coefficient (Wildman–Crippen LogP) is -0.957. The van der Waals surface area contributed by atoms with Crippen LogP contribution in [0.4, 0.5) is 0 Å². The smallest absolute Gasteiger partial charge is 0.330 e. The average Bonchev–Trinajstić information content (AvgIpc) is 2.54. The Bertz CT molecular complexity index is 516. The number of carbonyl (C=O) groups is 1. The summed E-state index contributed by atoms with van der Waals surface area (Å²) in [7, 11) is 0. The van der Waals surface area contributed by atoms with Crippen molar-refractivity contribution in [1.82, 2.24) is 0 Å². The molecule has 4 N–H and O–H groups in total. The van der Waals surface area contributed by atoms with E-state index in [1.165, 1.54) is 6.08 Å². The lowest BCUT2D eigenvalue weighted by Gasteiger charge is -2.37. The van der Waals surface area contributed by atoms with Crippen LogP contribution in [-0.4, -0.2) is 63.7 Å². The van der Waals surface area contributed by atoms with Gasteiger partial charge in [0.15, 0.2) is 6.29 Å². The molecule has 0 spiro atoms. The van der Waals surface area contributed by atoms with E-state index >= 15 is 0 Å². The molecular formula is C15H18O7. The second kappa shape index (κ2) is 7.48. The van der Waals surface area contributed by atoms with Crippen molar-refractivity contribution in [3.63, 3.8) is 0 Å². The number of carbonyl (C=O) groups excluding carboxylic acids is 1. The molecule has 2 rings (SSSR count). The molecule has 0 aliphatic carbocycles. The van der Waals surface area contributed by atoms with Gasteiger partial charge in [-0.05, 0) is 11.6 Å². The molecule has 0 saturated carbocycles. The first-order chi connectivity index (χ1) is 10.5. The molecule has 1 saturated heterocycles. The van der Waals surface area contributed by atoms with Crippen molar-refractivity contribution in [3.05, 3.63) is 42.0 Å². The van der Waals surface area contributed by atoms with Crippen LogP contribution in [0, 0.1) is 0 Å². The van der Waals surface area contributed by atoms with Crippen LogP contribution in [-0.2, 0) is 14.3 Å². The zero-order valence-electron chi connectivity index (χ0n) is 11.6. The number of hydrogen-bond donors (Lipinski definition) is 4. The molecule has 1 aliphatic heterocycles. The number of benzene rings is 1. The number of hydrogen-bond acceptors (Lipinski definition) is 7. The largest absolute Gasteiger partial charge is 0.460 e. The van der Waals surface area contributed by atoms with Crippen LogP contribution in [0.2, 0.25) is 0 Å². The van der Waals surface area contributed by atoms with E-state index in [1.54, 1.807) is 6.08 Å². The summed E-state index contributed by atoms with van der Waals surface area (Å²) in [5.74, 6) is -0.658. The summed E-state index contributed by atoms with van der Waals surface area (Å²) in [4.78, 5) is 11.6. The molecule has 1 heterocycles. The fourth-order valence-corrected chi connectivity index (χ4v) is 2.01. The van der Waals surface area contributed by atoms with Gasteiger partial charge in [-0.2, -0.15) is 0 Å². The molecule has 1 fully saturated rings. The number of rotatable bonds is 4. The van der Waals surface area contributed by atoms with E-state index in [9.17, 15) is 25.2 Å². The molecule has 7 heteroatoms. The van der Waals surface area contributed by atoms with Gasteiger partial charge in [-0.1, -0.05) is 30.3 Å². The summed E-state index contributed by atoms with van der Waals surface area (Å²) in [6.45, 7) is -0.361. The van der Waals surface area contributed by atoms with E-state index in [0.29, 0.717) is 0 Å². The lowest BCUT2D eigenvalue weighted by atomic mass is 9.99. The second-order valence-corrected chi connectivity index (χ2v) is 4.91. The SMILES string of the molecule is O=C(C=Cc1ccccc1)OC[C@H]1OC(O)[C@H](O)[C@@H](O)[C@@H]1O. The van der Waals surface area contributed by atoms with E-state index < -0.39 is 36.7 Å². The van der Waals surface area contributed by atoms with E-state index in [0.717, 1.165) is 5.56 Å². The topological polar surface area (TPSA) is 116 Å². The van der Waals surface area contributed by atoms with Crippen LogP contribution in [0.3, 0.4) is 0 Å². The monoisotopic (exact) mass is 310 g/mol. The maximum atomic E-state index is 11.6. The highest BCUT2D eigenvalue weighted by molar-refractivity contribution is 5.87. The molecule has 22 heavy (non-hydrogen) atoms. The molecule has 0 amide bonds. The van der Waals surface area contributed by atoms with Gasteiger partial charge < -0.3 is 29.9 Å². The van der Waals surface area contributed by atoms with Crippen molar-refractivity contribution in [2.75, 3.05) is 6.61 Å². The summed E-state index contributed by atoms with van der Waals surface area (Å²) in [6.07, 6.45) is -4.65. The third-order valence-corrected chi connectivity index (χ3v) is 3.29. The summed E-state index contributed by atoms with van der Waals surface area (Å²) in [5, 5.41) is 37.9. The highest BCUT2D eigenvalue weighted by atomic mass is 16.6. The minimum absolute atomic E-state index is 0.361. The van der Waals surface area contributed by atoms with Crippen LogP contribution >= 0.6 is 0 Å². The first kappa shape index (κ1) is 16.6. The zero-order valence-corrected chi connectivity index (χ0v) is 11.6. The van der Waals surface area contributed by atoms with Gasteiger partial charge in [0, 0.05) is 6.08 Å². The van der Waals surface area contributed by atoms with E-state index in [-0.39, 0.29) is 6.61 Å². The quantitative estimate of drug-likeness (QED) is 0.418. The number of esters is 1. The third kappa shape index (κ3) is 4.12. The summed E-state index contributed by atoms with van der Waals surface area (Å²) in [6, 6.07) is 9.12. The van der Waals surface area contributed by atoms with Crippen molar-refractivity contribution >= 4 is 12.0 Å². The minimum atomic E-state index is -1.65. The lowest BCUT2D eigenvalue weighted by molar-refractivity contribution is -0.287. The Hall–Kier alpha value is -1.77. The molecule has 1 unspecified atom stereocenters. The average molecular weight is 310 g/mol. The number of aliphatic hydroxyl groups excluding tert-OH is 4. The Balaban J connectivity index is 1.84. The minimum Gasteiger partial charge on any atom is -0.460 e. The van der Waals surface area contributed by atoms with Crippen LogP contribution in [0.1, 0.15) is 5.56 Å². The van der Waals surface area contributed by atoms with Crippen molar-refractivity contribution < 1.29 is 34.7 Å². The third-order valence-electron chi connectivity index (χ3n) is 3.29. The van der Waals surface area contributed by atoms with Crippen LogP contribution in [0.5, 0.6) is 0 Å². The molecule has 0 aromatic heterocycles. The van der Waals surface area contributed by atoms with Crippen LogP contribution in [0.25, 0.3) is 6.08 Å². The van der Waals surface area contributed by atoms with Gasteiger partial charge in [-0.15, -0.1) is 0 Å². The second-order valence-electron chi connectivity index (χ2n) is 4.91. The Morgan fingerprint density at radius 3 is 2.45 bits per heavy atom. The van der Waals surface area contributed by atoms with Gasteiger partial charge in [0.1, 0.15) is 31.0 Å². The van der Waals surface area contributed by atoms with Gasteiger partial charge >= 0.3 is 5.97 Å². The highest BCUT2D eigenvalue weighted by Crippen LogP contribution is 2.20. The maximum absolute atomic E-state index is 11.6. The van der Waals surface area contributed by atoms with Gasteiger partial charge in [0.05, 0.1) is 0 Å². The van der Waals surface area contributed by atoms with Gasteiger partial charge in [0.2, 0.25) is 0 Å². The normalized spacial score (nSPS) is 32.1. The molecule has 7 nitrogen and oxygen atoms in total. The standard InChI is InChI=1S/C15H18O7/c16-11(7-6-9-4-2-1-3-5-9)21-8-10-12(17)13(18)14(19)15(20)22-10/h1-7,10,12-15,17-20H,8H2/t10-,12-,13+,14-,15?/m1/s1. The molecule has 120 valence electrons. The first-order valence-electron chi connectivity index (χ1n) is 6.76. The molecule has 1 aromatic carbocycles. The van der Waals surface area contributed by atoms with Gasteiger partial charge in [0.25, 0.3) is 0 Å². The maximum Gasteiger partial charge on any atom is 0.330 e. The summed E-state index contributed by atoms with van der Waals surface area (Å²) < 4.78 is 9.78. The van der Waals surface area contributed by atoms with E-state index in [2.05, 4.69) is 0 Å². The Morgan fingerprint density at radius 1 is 1.09 bits per heavy atom. The molecule has 1 aromatic rings. The number of aliphatic hydroxyl groups is 4.